The Balaban J connectivity index is -0.000000000187. The highest BCUT2D eigenvalue weighted by molar-refractivity contribution is 7.85. The summed E-state index contributed by atoms with van der Waals surface area (Å²) < 4.78 is 126. The average Bonchev–Trinajstić information content (AvgIpc) is 3.46. The van der Waals surface area contributed by atoms with Gasteiger partial charge in [-0.3, -0.25) is 4.21 Å². The van der Waals surface area contributed by atoms with E-state index in [-0.39, 0.29) is 675 Å². The molecule has 0 spiro atoms. The van der Waals surface area contributed by atoms with Gasteiger partial charge in [0.05, 0.1) is 8.85 Å². The first kappa shape index (κ1) is 35.5. The fourth-order valence-corrected chi connectivity index (χ4v) is 13.4. The molecule has 0 radical (unpaired) electrons. The highest BCUT2D eigenvalue weighted by atomic mass is 32.2. The zero-order chi connectivity index (χ0) is 46.2. The number of phenols is 1. The van der Waals surface area contributed by atoms with Crippen LogP contribution >= 0.6 is 0 Å². The number of aromatic hydroxyl groups is 1. The Labute approximate surface area is 955 Å². The maximum absolute atomic E-state index is 13.5. The van der Waals surface area contributed by atoms with E-state index in [0.717, 1.165) is 56.1 Å². The second-order valence-corrected chi connectivity index (χ2v) is 20.5. The standard InChI is InChI=1S/C42H67F5O3S.431H2/c1-24(2)40-23-39(9,10)38-33-17-30(8)35(48)19-31(33)18-32(37(38)34(40)11-12-36(40)49)16-27(5)14-25(3)13-26(4)15-28(6)21-51(50)22-29(7)20-41(43,44)42(45,46)47;;;;;;;;;;;;;;;;;;;;;;;;;;;;;;;;;;;;;;;;;;;;;;;;;;;;;;;;;;;;;;;;;;;;;;;;;;;;;;;;;;;;;;;;;;;;;;;;;;;;;;;;;;;;;;;;;;;;;;;;;;;;;;;;;;;;;;;;;;;;;;;;;;;;;;;;;;;;;;;;;;;;;;;;;;;;;;;;;;;;;;;;;;;;;;;;;;;;;;;;;;;;;;;;;;;;;;;;;;;;;;;;;;;;;;;;;;;;;;;;;;;;;;;;;;;;;;;;;;;;;;;;;;;;;;;;;;;;;;;;;;;;;;;;;;;;;;;;;;;;;;;;;;;;;;;;;;;;;;;;;;;;;;;;;;;;;;;;;;;;;;;;;;;;;;;;;;;;;;;;;;;;;;;;;;;;;;;;;;;;;;;;;;;;;;;;;;;;;;;;;;;;;;;;;;;;;;;;;;;;;;;;;;;;;;;/h17,19,24-29,32,34,36-38,48-49H,11-16,18,20-23H2,1-10H3;431*1H/t25?,26?,27?,28?,29?,32-,34+,36+,37+,38-,40-,51?;;;;;;;;;;;;;;;;;;;;;;;;;;;;;;;;;;;;;;;;;;;;;;;;;;;;;;;;;;;;;;;;;;;;;;;;;;;;;;;;;;;;;;;;;;;;;;;;;;;;;;;;;;;;;;;;;;;;;;;;;;;;;;;;;;;;;;;;;;;;;;;;;;;;;;;;;;;;;;;;;;;;;;;;;;;;;;;;;;;;;;;;;;;;;;;;;;;;;;;;;;;;;;;;;;;;;;;;;;;;;;;;;;;;;;;;;;;;;;;;;;;;;;;;;;;;;;;;;;;;;;;;;;;;;;;;;;;;;;;;;;;;;;;;;;;;;;;;;;;;;;;;;;;;;;;;;;;;;;;;;;;;;;;;;;;;;;;;;;;;;;;;;;;;;;;;;;;;;;;;;;;;;;;;;;;;;;;;;;;;;;;;;;;;;;;;;;;;;;;;;;;;;;;;;;;;;;;;;;;;;;;;;;;;;;;/m1.............................................................................................................................................................................................................................................................................................................................................................................................................................................../s1/i17D,19D;3*1+1D;;;;;;;;;;;;;;;;;;;;;;;;;;;;;;;;;;;;;;;;;;;;;;;;;;;;;;;;;;;;;;;;;;;;;;;;;;;;;;;;;;;;;;;;;;;;;;;;;;;;;;;;;;;;;;;;;;;;;;;;;;;;;;;;;;;;;;;;;;;;;;;;;;;;;;;;;;;;;;;;;;;;;;;;;;;;;;;;;;;;;;;;;;;;;;;;;;;;;;;;;;;;;;;;;;;;;;;;;;;;;;;;;;;;;;;;;;;;;;;;;;;;;;;;;;;;;;;;;;;;;;;;;;;;;;;;;;;;;;;;;;;;;;;;;;;;;;;;;;;;;;;;;;;;;;;;;;;;;;;;;;;;;;;;;;;;;;;;;;;;;;;;;;;;;;;;;;;;;;;;;;;;;;;;;;;;;;;;;;;;;;;;;;;;;;;;;;;;;;;;;;;;;;;;;;;;;;;;;;;;;;;;;;;;. The minimum atomic E-state index is -5.60. The highest BCUT2D eigenvalue weighted by Crippen LogP contribution is 2.70. The predicted octanol–water partition coefficient (Wildman–Crippen LogP) is 118. The van der Waals surface area contributed by atoms with Crippen LogP contribution in [0.1, 0.15) is 759 Å². The lowest BCUT2D eigenvalue weighted by Gasteiger charge is -2.62. The van der Waals surface area contributed by atoms with E-state index in [9.17, 15) is 37.7 Å². The molecule has 9 heteroatoms. The van der Waals surface area contributed by atoms with Gasteiger partial charge in [-0.25, -0.2) is 0 Å². The van der Waals surface area contributed by atoms with Crippen LogP contribution in [0.3, 0.4) is 0 Å². The van der Waals surface area contributed by atoms with Crippen molar-refractivity contribution in [3.05, 3.63) is 28.8 Å². The number of hydrogen-bond donors (Lipinski definition) is 2. The Bertz CT molecular complexity index is 1690. The van der Waals surface area contributed by atoms with E-state index in [1.165, 1.54) is 6.92 Å². The van der Waals surface area contributed by atoms with Gasteiger partial charge in [-0.05, 0) is 146 Å². The number of halogens is 5. The van der Waals surface area contributed by atoms with Crippen molar-refractivity contribution >= 4 is 10.8 Å². The minimum absolute atomic E-state index is 0. The van der Waals surface area contributed by atoms with E-state index in [1.807, 2.05) is 6.92 Å². The average molecular weight is 1620 g/mol. The van der Waals surface area contributed by atoms with Gasteiger partial charge in [0.1, 0.15) is 5.75 Å². The van der Waals surface area contributed by atoms with Gasteiger partial charge in [0.2, 0.25) is 0 Å². The summed E-state index contributed by atoms with van der Waals surface area (Å²) in [5.74, 6) is -3.44. The van der Waals surface area contributed by atoms with Crippen LogP contribution in [0.25, 0.3) is 0 Å². The zero-order valence-electron chi connectivity index (χ0n) is 40.7. The van der Waals surface area contributed by atoms with E-state index >= 15 is 0 Å². The molecule has 0 saturated heterocycles. The van der Waals surface area contributed by atoms with Crippen molar-refractivity contribution < 1.29 is 659 Å². The molecule has 6 unspecified atom stereocenters. The zero-order valence-corrected chi connectivity index (χ0v) is 33.5. The number of phenolic OH excluding ortho intramolecular Hbond substituents is 1. The number of aliphatic hydroxyl groups is 1. The minimum Gasteiger partial charge on any atom is -0.508 e. The Morgan fingerprint density at radius 2 is 1.53 bits per heavy atom. The van der Waals surface area contributed by atoms with Crippen molar-refractivity contribution in [2.75, 3.05) is 11.5 Å². The molecule has 3 nitrogen and oxygen atoms in total. The Morgan fingerprint density at radius 3 is 2.12 bits per heavy atom. The number of aliphatic hydroxyl groups excluding tert-OH is 1. The first-order chi connectivity index (χ1) is 27.2. The van der Waals surface area contributed by atoms with Crippen molar-refractivity contribution in [2.45, 2.75) is 151 Å². The van der Waals surface area contributed by atoms with Gasteiger partial charge in [-0.1, -0.05) is 68.4 Å². The number of hydrogen-bond acceptors (Lipinski definition) is 3. The molecule has 1156 valence electrons. The quantitative estimate of drug-likeness (QED) is 0.172. The SMILES string of the molecule is [2H][2H].[2H][2H].[2H][2H].[2H]c1c(O)c(C)c([2H])c2c1C[C@@H](CC(C)CC(C)CC(C)CC(C)CS(=O)CC(C)CC(F)(F)C(F)(F)F)[C@@H]1[C@@H]2C(C)(C)C[C@]2(C(C)C)[C@@H](O)CC[C@@H]12.[HH].[HH].[HH].[HH].[HH].[HH].[HH].[HH].[HH].[HH].[HH].[HH].[HH].[HH].[HH].[HH].[HH].[HH].[HH].[HH].[HH].[HH].[HH].[HH].[HH].[HH].[HH].[HH].[HH].[HH].[HH].[HH].[HH].[HH].[HH].[HH].[HH].[HH].[HH].[HH].[HH].[HH].[HH].[HH].[HH].[HH].[HH].[HH].[HH].[HH].[HH].[HH].[HH].[HH].[HH].[HH].[HH].[HH].[HH].[HH].[HH].[HH].[HH].[HH].[HH].[HH].[HH].[HH].[HH].[HH].[HH].[HH].[HH].[HH].[HH].[HH].[HH].[HH].[HH].[HH].[HH].[HH].[HH].[HH].[HH].[HH].[HH].[HH].[HH].[HH].[HH].[HH].[HH].[HH].[HH].[HH].[HH].[HH].[HH].[HH].[HH].[HH].[HH].[HH].[HH].[HH].[HH].[HH].[HH].[HH].[HH].[HH].[HH].[HH].[HH].[HH].[HH].[HH].[HH].[HH].[HH].[HH].[HH].[HH].[HH].[HH].[HH].[HH].[HH].[HH].[HH].[HH].[HH].[HH].[HH].[HH].[HH].[HH].[HH].[HH].[HH].[HH].[HH].[HH].[HH].[HH].[HH].[HH].[HH].[HH].[HH].[HH].[HH].[HH].[HH].[HH].[HH].[HH].[HH].[HH].[HH].[HH].[HH].[HH].[HH].[HH].[HH].[HH].[HH].[HH].[HH].[HH].[HH].[HH].[HH].[HH].[HH].[HH].[HH].[HH].[HH].[HH].[HH].[HH].[HH].[HH].[HH].[HH].[HH].[HH].[HH].[HH].[HH].[HH].[HH].[HH].[HH].[HH].[HH].[HH].[HH].[HH].[HH].[HH].[HH].[HH].[HH].[HH].[HH].[HH].[HH].[HH].[HH].[HH].[HH].[HH].[HH].[HH].[HH].[HH].[HH].[HH].[HH].[HH].[HH].[HH].[HH].[HH].[HH].[HH].[HH].[HH].[HH].[HH].[HH].[HH].[HH].[HH].[HH].[HH].[HH].[HH].[HH].[HH].[HH].[HH].[HH].[HH].[HH].[HH].[HH].[HH].[HH].[HH].[HH].[HH].[HH].[HH].[HH].[HH].[HH].[HH].[HH].[HH].[HH].[HH].[HH].[HH].[HH].[HH].[HH].[HH].[HH].[HH].[HH].[HH].[HH].[HH].[HH].[HH].[HH].[HH].[HH].[HH].[HH].[HH].[HH].[HH].[HH].[HH].[HH].[HH].[HH].[HH].[HH].[HH].[HH].[HH].[HH].[HH].[HH].[HH].[HH].[HH].[HH].[HH].[HH].[HH].[HH].[HH].[HH].[HH].[HH].[HH].[HH].[HH].[HH].[HH].[HH].[HH].[HH].[HH].[HH].[HH].[HH].[HH].[HH].[HH].[HH].[HH].[HH].[HH].[HH].[HH].[HH].[HH].[HH].[HH].[HH].[HH].[HH].[HH].[HH].[HH].[HH].[HH].[HH].[HH].[HH].[HH].[HH].[HH].[HH].[HH].[HH].[HH].[HH].[HH].[HH].[HH].[HH].[HH].[HH].[HH].[HH].[HH].[HH].[HH].[HH].[HH].[HH].[HH].[HH].[HH].[HH].[HH].[HH].[HH].[HH].[HH].[HH].[HH].[HH].[HH].[HH].[HH].[HH].[HH].[HH].[HH].[HH].[HH].[HH].[HH].[HH].[HH].[HH].[HH].[HH].[HH].[HH].[HH].[HH].[HH].[HH].[HH].[HH].[HH].[HH].[HH].[HH].[HH].[HH].[HH].[HH].[HH].[HH].[HH].[HH].[HH].[HH].[HH].[HH].[HH].[HH].[HH].[HH].[HH]. The Kier molecular flexibility index (Phi) is 11.0. The molecule has 0 aliphatic heterocycles. The fraction of sp³-hybridized carbons (Fsp3) is 0.857. The molecule has 51 heavy (non-hydrogen) atoms. The molecule has 4 rings (SSSR count). The molecule has 0 aromatic heterocycles. The summed E-state index contributed by atoms with van der Waals surface area (Å²) in [6.45, 7) is 20.9. The molecule has 3 aliphatic rings. The van der Waals surface area contributed by atoms with Crippen LogP contribution in [0.2, 0.25) is 0 Å². The molecule has 12 atom stereocenters. The van der Waals surface area contributed by atoms with Gasteiger partial charge in [-0.2, -0.15) is 22.0 Å². The lowest BCUT2D eigenvalue weighted by atomic mass is 9.42. The summed E-state index contributed by atoms with van der Waals surface area (Å²) in [6, 6.07) is 0.537. The molecule has 0 heterocycles. The van der Waals surface area contributed by atoms with Gasteiger partial charge >= 0.3 is 12.1 Å². The van der Waals surface area contributed by atoms with Crippen LogP contribution in [0.15, 0.2) is 12.1 Å². The second-order valence-electron chi connectivity index (χ2n) is 18.9. The molecule has 1 aromatic carbocycles. The first-order valence-electron chi connectivity index (χ1n) is 23.5. The summed E-state index contributed by atoms with van der Waals surface area (Å²) in [5, 5.41) is 22.6. The van der Waals surface area contributed by atoms with Crippen molar-refractivity contribution in [3.8, 4) is 5.75 Å². The molecule has 2 N–H and O–H groups in total. The number of benzene rings is 1. The summed E-state index contributed by atoms with van der Waals surface area (Å²) in [5.41, 5.74) is 1.85. The third-order valence-electron chi connectivity index (χ3n) is 13.3. The van der Waals surface area contributed by atoms with Gasteiger partial charge in [-0.15, -0.1) is 0 Å². The van der Waals surface area contributed by atoms with Crippen molar-refractivity contribution in [3.63, 3.8) is 0 Å². The summed E-state index contributed by atoms with van der Waals surface area (Å²) >= 11 is 0. The Hall–Kier alpha value is -1.22. The van der Waals surface area contributed by atoms with Crippen molar-refractivity contribution in [1.82, 2.24) is 0 Å². The van der Waals surface area contributed by atoms with Crippen LogP contribution in [0.5, 0.6) is 5.75 Å². The predicted molar refractivity (Wildman–Crippen MR) is 1110 cm³/mol. The molecule has 0 amide bonds. The molecule has 0 bridgehead atoms. The maximum Gasteiger partial charge on any atom is 0.453 e. The Morgan fingerprint density at radius 1 is 0.961 bits per heavy atom. The fourth-order valence-electron chi connectivity index (χ4n) is 11.7. The topological polar surface area (TPSA) is 57.5 Å². The van der Waals surface area contributed by atoms with Crippen molar-refractivity contribution in [2.24, 2.45) is 64.1 Å². The van der Waals surface area contributed by atoms with Gasteiger partial charge in [0.25, 0.3) is 0 Å². The van der Waals surface area contributed by atoms with E-state index < -0.39 is 35.2 Å². The summed E-state index contributed by atoms with van der Waals surface area (Å²) in [7, 11) is -1.48. The maximum atomic E-state index is 13.5. The van der Waals surface area contributed by atoms with Crippen LogP contribution < -0.4 is 0 Å². The van der Waals surface area contributed by atoms with Gasteiger partial charge in [0, 0.05) is 654 Å². The molecular weight excluding hydrogens is 680 g/mol. The molecule has 2 fully saturated rings. The van der Waals surface area contributed by atoms with Crippen LogP contribution in [0, 0.1) is 71.0 Å². The normalized spacial score (nSPS) is 32.3. The lowest BCUT2D eigenvalue weighted by Crippen LogP contribution is -2.57. The first-order valence-corrected chi connectivity index (χ1v) is 21.0. The highest BCUT2D eigenvalue weighted by Gasteiger charge is 2.64. The smallest absolute Gasteiger partial charge is 0.453 e. The third kappa shape index (κ3) is 9.19. The summed E-state index contributed by atoms with van der Waals surface area (Å²) in [6.07, 6.45) is -0.333. The van der Waals surface area contributed by atoms with E-state index in [2.05, 4.69) is 48.5 Å². The lowest BCUT2D eigenvalue weighted by molar-refractivity contribution is -0.287. The van der Waals surface area contributed by atoms with Crippen LogP contribution in [-0.4, -0.2) is 44.1 Å². The van der Waals surface area contributed by atoms with E-state index in [1.54, 1.807) is 6.92 Å². The van der Waals surface area contributed by atoms with Crippen molar-refractivity contribution in [1.29, 1.82) is 0 Å². The number of fused-ring (bicyclic) bond motifs is 5. The number of rotatable bonds is 15. The number of alkyl halides is 5. The third-order valence-corrected chi connectivity index (χ3v) is 15.1. The van der Waals surface area contributed by atoms with Gasteiger partial charge in [0.15, 0.2) is 0 Å². The molecule has 1 aromatic rings. The molecule has 2 saturated carbocycles. The summed E-state index contributed by atoms with van der Waals surface area (Å²) in [4.78, 5) is 0. The van der Waals surface area contributed by atoms with E-state index in [0.29, 0.717) is 47.6 Å². The monoisotopic (exact) mass is 1620 g/mol. The van der Waals surface area contributed by atoms with Gasteiger partial charge < -0.3 is 10.2 Å². The second kappa shape index (κ2) is 15.9. The molecular formula is C42H929F5O3S. The van der Waals surface area contributed by atoms with Crippen LogP contribution in [0.4, 0.5) is 22.0 Å². The van der Waals surface area contributed by atoms with E-state index in [4.69, 9.17) is 10.3 Å². The molecule has 3 aliphatic carbocycles. The largest absolute Gasteiger partial charge is 0.508 e. The van der Waals surface area contributed by atoms with Crippen LogP contribution in [-0.2, 0) is 17.2 Å².